The van der Waals surface area contributed by atoms with Crippen LogP contribution in [0.4, 0.5) is 0 Å². The molecule has 0 aromatic rings. The quantitative estimate of drug-likeness (QED) is 0.345. The van der Waals surface area contributed by atoms with Crippen LogP contribution in [0.5, 0.6) is 0 Å². The van der Waals surface area contributed by atoms with Crippen molar-refractivity contribution in [2.45, 2.75) is 0 Å². The number of hydrazine groups is 1. The van der Waals surface area contributed by atoms with Gasteiger partial charge in [0, 0.05) is 7.05 Å². The molecule has 0 aliphatic carbocycles. The van der Waals surface area contributed by atoms with Crippen molar-refractivity contribution in [3.63, 3.8) is 0 Å². The molecule has 0 bridgehead atoms. The molecule has 0 amide bonds. The number of hydrogen-bond acceptors (Lipinski definition) is 3. The summed E-state index contributed by atoms with van der Waals surface area (Å²) >= 11 is 9.36. The topological polar surface area (TPSA) is 45.3 Å². The van der Waals surface area contributed by atoms with Crippen molar-refractivity contribution in [1.29, 1.82) is 0 Å². The van der Waals surface area contributed by atoms with Gasteiger partial charge in [-0.3, -0.25) is 10.9 Å². The monoisotopic (exact) mass is 179 g/mol. The maximum absolute atomic E-state index is 4.72. The molecule has 0 unspecified atom stereocenters. The summed E-state index contributed by atoms with van der Waals surface area (Å²) in [6.45, 7) is 0. The molecule has 0 atom stereocenters. The second-order valence-corrected chi connectivity index (χ2v) is 2.10. The standard InChI is InChI=1S/C4H9N3OS2/c1-5-3(9)6-7-4(10)8-2/h1-2H3,(H,7,10)(H2,5,6,9). The van der Waals surface area contributed by atoms with Crippen molar-refractivity contribution in [3.05, 3.63) is 0 Å². The molecule has 0 rings (SSSR count). The number of nitrogens with one attached hydrogen (secondary N) is 3. The molecule has 0 aliphatic heterocycles. The van der Waals surface area contributed by atoms with Crippen LogP contribution in [-0.2, 0) is 4.74 Å². The van der Waals surface area contributed by atoms with Crippen molar-refractivity contribution in [1.82, 2.24) is 16.2 Å². The minimum atomic E-state index is 0.248. The van der Waals surface area contributed by atoms with E-state index in [1.807, 2.05) is 0 Å². The van der Waals surface area contributed by atoms with Crippen LogP contribution in [0.1, 0.15) is 0 Å². The van der Waals surface area contributed by atoms with Crippen molar-refractivity contribution >= 4 is 34.7 Å². The molecule has 10 heavy (non-hydrogen) atoms. The van der Waals surface area contributed by atoms with Crippen LogP contribution in [0.25, 0.3) is 0 Å². The van der Waals surface area contributed by atoms with Crippen LogP contribution in [0.3, 0.4) is 0 Å². The molecule has 0 aromatic carbocycles. The first kappa shape index (κ1) is 9.38. The zero-order valence-electron chi connectivity index (χ0n) is 5.72. The van der Waals surface area contributed by atoms with E-state index in [-0.39, 0.29) is 5.17 Å². The maximum atomic E-state index is 4.72. The summed E-state index contributed by atoms with van der Waals surface area (Å²) in [4.78, 5) is 0. The average Bonchev–Trinajstić information content (AvgIpc) is 1.99. The van der Waals surface area contributed by atoms with Crippen molar-refractivity contribution in [2.24, 2.45) is 0 Å². The third-order valence-corrected chi connectivity index (χ3v) is 1.27. The molecule has 0 heterocycles. The normalized spacial score (nSPS) is 7.80. The summed E-state index contributed by atoms with van der Waals surface area (Å²) in [7, 11) is 3.17. The highest BCUT2D eigenvalue weighted by Crippen LogP contribution is 1.67. The number of thiocarbonyl (C=S) groups is 2. The highest BCUT2D eigenvalue weighted by atomic mass is 32.1. The lowest BCUT2D eigenvalue weighted by atomic mass is 11.0. The van der Waals surface area contributed by atoms with Crippen molar-refractivity contribution in [2.75, 3.05) is 14.2 Å². The Kier molecular flexibility index (Phi) is 4.87. The Morgan fingerprint density at radius 3 is 2.30 bits per heavy atom. The largest absolute Gasteiger partial charge is 0.473 e. The molecule has 58 valence electrons. The second-order valence-electron chi connectivity index (χ2n) is 1.32. The predicted octanol–water partition coefficient (Wildman–Crippen LogP) is -0.484. The van der Waals surface area contributed by atoms with Gasteiger partial charge >= 0.3 is 0 Å². The van der Waals surface area contributed by atoms with E-state index < -0.39 is 0 Å². The number of methoxy groups -OCH3 is 1. The van der Waals surface area contributed by atoms with Crippen LogP contribution in [0, 0.1) is 0 Å². The van der Waals surface area contributed by atoms with Gasteiger partial charge in [0.1, 0.15) is 0 Å². The van der Waals surface area contributed by atoms with Crippen LogP contribution in [0.2, 0.25) is 0 Å². The minimum absolute atomic E-state index is 0.248. The second kappa shape index (κ2) is 5.19. The molecule has 0 radical (unpaired) electrons. The lowest BCUT2D eigenvalue weighted by Gasteiger charge is -2.08. The first-order valence-electron chi connectivity index (χ1n) is 2.52. The van der Waals surface area contributed by atoms with E-state index in [0.29, 0.717) is 5.11 Å². The predicted molar refractivity (Wildman–Crippen MR) is 47.5 cm³/mol. The zero-order chi connectivity index (χ0) is 7.98. The Morgan fingerprint density at radius 2 is 1.90 bits per heavy atom. The third-order valence-electron chi connectivity index (χ3n) is 0.691. The van der Waals surface area contributed by atoms with Gasteiger partial charge in [-0.25, -0.2) is 0 Å². The lowest BCUT2D eigenvalue weighted by molar-refractivity contribution is 0.389. The lowest BCUT2D eigenvalue weighted by Crippen LogP contribution is -2.45. The Bertz CT molecular complexity index is 122. The molecule has 0 aromatic heterocycles. The minimum Gasteiger partial charge on any atom is -0.473 e. The molecule has 4 nitrogen and oxygen atoms in total. The SMILES string of the molecule is CNC(=S)NNC(=S)OC. The summed E-state index contributed by atoms with van der Waals surface area (Å²) in [6.07, 6.45) is 0. The number of ether oxygens (including phenoxy) is 1. The van der Waals surface area contributed by atoms with Gasteiger partial charge in [0.15, 0.2) is 5.11 Å². The van der Waals surface area contributed by atoms with Gasteiger partial charge < -0.3 is 10.1 Å². The summed E-state index contributed by atoms with van der Waals surface area (Å²) in [5, 5.41) is 3.39. The van der Waals surface area contributed by atoms with E-state index in [1.165, 1.54) is 7.11 Å². The van der Waals surface area contributed by atoms with Gasteiger partial charge in [0.2, 0.25) is 0 Å². The summed E-state index contributed by atoms with van der Waals surface area (Å²) in [6, 6.07) is 0. The van der Waals surface area contributed by atoms with E-state index in [0.717, 1.165) is 0 Å². The van der Waals surface area contributed by atoms with E-state index >= 15 is 0 Å². The molecule has 0 saturated carbocycles. The molecular weight excluding hydrogens is 170 g/mol. The highest BCUT2D eigenvalue weighted by Gasteiger charge is 1.91. The van der Waals surface area contributed by atoms with Crippen molar-refractivity contribution < 1.29 is 4.74 Å². The Hall–Kier alpha value is -0.620. The molecule has 0 spiro atoms. The van der Waals surface area contributed by atoms with Gasteiger partial charge in [0.25, 0.3) is 5.17 Å². The first-order chi connectivity index (χ1) is 4.70. The number of hydrogen-bond donors (Lipinski definition) is 3. The van der Waals surface area contributed by atoms with Gasteiger partial charge in [-0.2, -0.15) is 0 Å². The van der Waals surface area contributed by atoms with Gasteiger partial charge in [-0.1, -0.05) is 0 Å². The summed E-state index contributed by atoms with van der Waals surface area (Å²) in [5.74, 6) is 0. The Morgan fingerprint density at radius 1 is 1.30 bits per heavy atom. The van der Waals surface area contributed by atoms with E-state index in [9.17, 15) is 0 Å². The van der Waals surface area contributed by atoms with E-state index in [4.69, 9.17) is 12.2 Å². The van der Waals surface area contributed by atoms with Crippen LogP contribution in [-0.4, -0.2) is 24.4 Å². The maximum Gasteiger partial charge on any atom is 0.275 e. The highest BCUT2D eigenvalue weighted by molar-refractivity contribution is 7.80. The van der Waals surface area contributed by atoms with Crippen LogP contribution in [0.15, 0.2) is 0 Å². The zero-order valence-corrected chi connectivity index (χ0v) is 7.36. The molecule has 0 fully saturated rings. The van der Waals surface area contributed by atoms with E-state index in [1.54, 1.807) is 7.05 Å². The fourth-order valence-corrected chi connectivity index (χ4v) is 0.323. The summed E-state index contributed by atoms with van der Waals surface area (Å²) < 4.78 is 4.62. The van der Waals surface area contributed by atoms with Crippen molar-refractivity contribution in [3.8, 4) is 0 Å². The average molecular weight is 179 g/mol. The molecule has 3 N–H and O–H groups in total. The summed E-state index contributed by atoms with van der Waals surface area (Å²) in [5.41, 5.74) is 5.13. The van der Waals surface area contributed by atoms with E-state index in [2.05, 4.69) is 33.1 Å². The molecular formula is C4H9N3OS2. The first-order valence-corrected chi connectivity index (χ1v) is 3.34. The number of rotatable bonds is 0. The Balaban J connectivity index is 3.35. The molecule has 6 heteroatoms. The van der Waals surface area contributed by atoms with Crippen LogP contribution >= 0.6 is 24.4 Å². The molecule has 0 aliphatic rings. The fourth-order valence-electron chi connectivity index (χ4n) is 0.221. The fraction of sp³-hybridized carbons (Fsp3) is 0.500. The van der Waals surface area contributed by atoms with Gasteiger partial charge in [0.05, 0.1) is 7.11 Å². The van der Waals surface area contributed by atoms with Crippen LogP contribution < -0.4 is 16.2 Å². The molecule has 0 saturated heterocycles. The third kappa shape index (κ3) is 4.28. The smallest absolute Gasteiger partial charge is 0.275 e. The van der Waals surface area contributed by atoms with Gasteiger partial charge in [-0.05, 0) is 24.4 Å². The Labute approximate surface area is 70.3 Å². The van der Waals surface area contributed by atoms with Gasteiger partial charge in [-0.15, -0.1) is 0 Å².